The lowest BCUT2D eigenvalue weighted by Gasteiger charge is -2.38. The number of hydrogen-bond donors (Lipinski definition) is 2. The Bertz CT molecular complexity index is 1550. The molecule has 0 radical (unpaired) electrons. The number of benzene rings is 5. The van der Waals surface area contributed by atoms with E-state index in [4.69, 9.17) is 9.47 Å². The van der Waals surface area contributed by atoms with Crippen LogP contribution in [0.3, 0.4) is 0 Å². The summed E-state index contributed by atoms with van der Waals surface area (Å²) in [5.41, 5.74) is -2.69. The van der Waals surface area contributed by atoms with Crippen molar-refractivity contribution in [3.05, 3.63) is 174 Å². The minimum atomic E-state index is -2.42. The van der Waals surface area contributed by atoms with Gasteiger partial charge in [0, 0.05) is 0 Å². The van der Waals surface area contributed by atoms with Crippen LogP contribution >= 0.6 is 0 Å². The second-order valence-electron chi connectivity index (χ2n) is 9.88. The number of ether oxygens (including phenoxy) is 2. The Morgan fingerprint density at radius 2 is 0.976 bits per heavy atom. The zero-order chi connectivity index (χ0) is 29.4. The molecule has 0 saturated heterocycles. The fourth-order valence-corrected chi connectivity index (χ4v) is 4.95. The Hall–Kier alpha value is -5.04. The maximum Gasteiger partial charge on any atom is 0.344 e. The molecule has 0 aromatic heterocycles. The predicted molar refractivity (Wildman–Crippen MR) is 158 cm³/mol. The highest BCUT2D eigenvalue weighted by Gasteiger charge is 2.49. The van der Waals surface area contributed by atoms with Gasteiger partial charge in [-0.2, -0.15) is 0 Å². The van der Waals surface area contributed by atoms with Crippen LogP contribution in [0.4, 0.5) is 0 Å². The Labute approximate surface area is 244 Å². The van der Waals surface area contributed by atoms with Crippen LogP contribution in [-0.2, 0) is 25.5 Å². The van der Waals surface area contributed by atoms with E-state index in [-0.39, 0.29) is 11.3 Å². The van der Waals surface area contributed by atoms with Crippen LogP contribution < -0.4 is 4.74 Å². The van der Waals surface area contributed by atoms with Crippen molar-refractivity contribution in [1.82, 2.24) is 0 Å². The molecule has 0 spiro atoms. The fraction of sp³-hybridized carbons (Fsp3) is 0.111. The van der Waals surface area contributed by atoms with E-state index in [2.05, 4.69) is 0 Å². The maximum atomic E-state index is 14.2. The normalized spacial score (nSPS) is 13.4. The number of carbonyl (C=O) groups is 2. The van der Waals surface area contributed by atoms with Gasteiger partial charge in [0.15, 0.2) is 17.3 Å². The monoisotopic (exact) mass is 558 g/mol. The van der Waals surface area contributed by atoms with E-state index in [0.29, 0.717) is 16.7 Å². The first kappa shape index (κ1) is 28.5. The fourth-order valence-electron chi connectivity index (χ4n) is 4.95. The van der Waals surface area contributed by atoms with Crippen LogP contribution in [0, 0.1) is 0 Å². The lowest BCUT2D eigenvalue weighted by atomic mass is 9.78. The van der Waals surface area contributed by atoms with Crippen LogP contribution in [0.25, 0.3) is 0 Å². The van der Waals surface area contributed by atoms with Gasteiger partial charge in [0.05, 0.1) is 6.42 Å². The summed E-state index contributed by atoms with van der Waals surface area (Å²) in [5.74, 6) is -1.67. The molecule has 0 aliphatic heterocycles. The molecule has 42 heavy (non-hydrogen) atoms. The van der Waals surface area contributed by atoms with Crippen LogP contribution in [0.1, 0.15) is 34.8 Å². The first-order valence-corrected chi connectivity index (χ1v) is 13.5. The highest BCUT2D eigenvalue weighted by atomic mass is 16.6. The summed E-state index contributed by atoms with van der Waals surface area (Å²) in [6.45, 7) is 0. The molecule has 0 amide bonds. The summed E-state index contributed by atoms with van der Waals surface area (Å²) < 4.78 is 11.6. The highest BCUT2D eigenvalue weighted by molar-refractivity contribution is 5.88. The molecule has 0 bridgehead atoms. The van der Waals surface area contributed by atoms with E-state index in [1.165, 1.54) is 12.1 Å². The van der Waals surface area contributed by atoms with Gasteiger partial charge in [-0.05, 0) is 34.4 Å². The van der Waals surface area contributed by atoms with Crippen molar-refractivity contribution < 1.29 is 29.3 Å². The van der Waals surface area contributed by atoms with E-state index >= 15 is 0 Å². The second-order valence-corrected chi connectivity index (χ2v) is 9.88. The summed E-state index contributed by atoms with van der Waals surface area (Å²) in [6.07, 6.45) is -2.03. The third-order valence-corrected chi connectivity index (χ3v) is 7.10. The molecular weight excluding hydrogens is 528 g/mol. The Morgan fingerprint density at radius 3 is 1.45 bits per heavy atom. The van der Waals surface area contributed by atoms with Gasteiger partial charge in [-0.3, -0.25) is 4.79 Å². The smallest absolute Gasteiger partial charge is 0.344 e. The van der Waals surface area contributed by atoms with Gasteiger partial charge >= 0.3 is 11.9 Å². The molecular formula is C36H30O6. The standard InChI is InChI=1S/C36H30O6/c37-32(41-31-24-14-5-15-25-31)26-35(39,28-18-8-2-9-19-28)34(38)42-33(27-16-6-1-7-17-27)36(40,29-20-10-3-11-21-29)30-22-12-4-13-23-30/h1-25,33,39-40H,26H2/t33-,35?/m0/s1. The summed E-state index contributed by atoms with van der Waals surface area (Å²) in [7, 11) is 0. The number of hydrogen-bond acceptors (Lipinski definition) is 6. The highest BCUT2D eigenvalue weighted by Crippen LogP contribution is 2.44. The first-order valence-electron chi connectivity index (χ1n) is 13.5. The summed E-state index contributed by atoms with van der Waals surface area (Å²) in [5, 5.41) is 24.5. The van der Waals surface area contributed by atoms with Gasteiger partial charge in [-0.1, -0.05) is 140 Å². The lowest BCUT2D eigenvalue weighted by molar-refractivity contribution is -0.188. The van der Waals surface area contributed by atoms with Crippen molar-refractivity contribution in [2.45, 2.75) is 23.7 Å². The molecule has 1 unspecified atom stereocenters. The molecule has 2 N–H and O–H groups in total. The third kappa shape index (κ3) is 6.00. The SMILES string of the molecule is O=C(CC(O)(C(=O)O[C@@H](c1ccccc1)C(O)(c1ccccc1)c1ccccc1)c1ccccc1)Oc1ccccc1. The quantitative estimate of drug-likeness (QED) is 0.159. The van der Waals surface area contributed by atoms with Gasteiger partial charge in [0.25, 0.3) is 0 Å². The molecule has 0 heterocycles. The Balaban J connectivity index is 1.58. The Morgan fingerprint density at radius 1 is 0.571 bits per heavy atom. The molecule has 0 fully saturated rings. The zero-order valence-corrected chi connectivity index (χ0v) is 22.7. The minimum absolute atomic E-state index is 0.148. The van der Waals surface area contributed by atoms with Gasteiger partial charge < -0.3 is 19.7 Å². The van der Waals surface area contributed by atoms with E-state index in [9.17, 15) is 19.8 Å². The van der Waals surface area contributed by atoms with Crippen molar-refractivity contribution in [1.29, 1.82) is 0 Å². The summed E-state index contributed by atoms with van der Waals surface area (Å²) >= 11 is 0. The lowest BCUT2D eigenvalue weighted by Crippen LogP contribution is -2.45. The van der Waals surface area contributed by atoms with Crippen molar-refractivity contribution in [3.8, 4) is 5.75 Å². The molecule has 2 atom stereocenters. The molecule has 5 rings (SSSR count). The van der Waals surface area contributed by atoms with E-state index < -0.39 is 35.7 Å². The average Bonchev–Trinajstić information content (AvgIpc) is 3.05. The van der Waals surface area contributed by atoms with E-state index in [1.807, 2.05) is 18.2 Å². The Kier molecular flexibility index (Phi) is 8.58. The third-order valence-electron chi connectivity index (χ3n) is 7.10. The number of esters is 2. The predicted octanol–water partition coefficient (Wildman–Crippen LogP) is 6.09. The molecule has 0 aliphatic carbocycles. The van der Waals surface area contributed by atoms with E-state index in [1.54, 1.807) is 121 Å². The van der Waals surface area contributed by atoms with Gasteiger partial charge in [0.1, 0.15) is 5.75 Å². The first-order chi connectivity index (χ1) is 20.4. The van der Waals surface area contributed by atoms with Crippen molar-refractivity contribution in [2.75, 3.05) is 0 Å². The minimum Gasteiger partial charge on any atom is -0.451 e. The number of rotatable bonds is 10. The molecule has 0 saturated carbocycles. The largest absolute Gasteiger partial charge is 0.451 e. The average molecular weight is 559 g/mol. The number of para-hydroxylation sites is 1. The summed E-state index contributed by atoms with van der Waals surface area (Å²) in [6, 6.07) is 43.1. The van der Waals surface area contributed by atoms with Crippen LogP contribution in [0.5, 0.6) is 5.75 Å². The molecule has 5 aromatic carbocycles. The van der Waals surface area contributed by atoms with Gasteiger partial charge in [-0.25, -0.2) is 4.79 Å². The van der Waals surface area contributed by atoms with Crippen LogP contribution in [0.2, 0.25) is 0 Å². The number of aliphatic hydroxyl groups is 2. The molecule has 6 heteroatoms. The van der Waals surface area contributed by atoms with E-state index in [0.717, 1.165) is 0 Å². The second kappa shape index (κ2) is 12.6. The maximum absolute atomic E-state index is 14.2. The molecule has 5 aromatic rings. The topological polar surface area (TPSA) is 93.1 Å². The number of carbonyl (C=O) groups excluding carboxylic acids is 2. The zero-order valence-electron chi connectivity index (χ0n) is 22.7. The van der Waals surface area contributed by atoms with Crippen LogP contribution in [-0.4, -0.2) is 22.2 Å². The van der Waals surface area contributed by atoms with Crippen molar-refractivity contribution >= 4 is 11.9 Å². The molecule has 6 nitrogen and oxygen atoms in total. The van der Waals surface area contributed by atoms with Crippen molar-refractivity contribution in [3.63, 3.8) is 0 Å². The van der Waals surface area contributed by atoms with Crippen molar-refractivity contribution in [2.24, 2.45) is 0 Å². The van der Waals surface area contributed by atoms with Crippen LogP contribution in [0.15, 0.2) is 152 Å². The molecule has 0 aliphatic rings. The van der Waals surface area contributed by atoms with Gasteiger partial charge in [-0.15, -0.1) is 0 Å². The summed E-state index contributed by atoms with van der Waals surface area (Å²) in [4.78, 5) is 27.2. The molecule has 210 valence electrons. The van der Waals surface area contributed by atoms with Gasteiger partial charge in [0.2, 0.25) is 0 Å².